The SMILES string of the molecule is CNC(=O)CN1CCN(C(=O)c2ccc(OC(F)F)cc2)CC1. The lowest BCUT2D eigenvalue weighted by Crippen LogP contribution is -2.50. The smallest absolute Gasteiger partial charge is 0.387 e. The summed E-state index contributed by atoms with van der Waals surface area (Å²) in [7, 11) is 1.59. The van der Waals surface area contributed by atoms with Gasteiger partial charge in [0.2, 0.25) is 5.91 Å². The van der Waals surface area contributed by atoms with E-state index in [0.717, 1.165) is 0 Å². The molecule has 0 aliphatic carbocycles. The molecule has 1 heterocycles. The third-order valence-corrected chi connectivity index (χ3v) is 3.63. The predicted molar refractivity (Wildman–Crippen MR) is 79.5 cm³/mol. The van der Waals surface area contributed by atoms with Gasteiger partial charge in [0.05, 0.1) is 6.54 Å². The summed E-state index contributed by atoms with van der Waals surface area (Å²) >= 11 is 0. The quantitative estimate of drug-likeness (QED) is 0.869. The minimum absolute atomic E-state index is 0.0203. The summed E-state index contributed by atoms with van der Waals surface area (Å²) in [6.45, 7) is -0.295. The van der Waals surface area contributed by atoms with Crippen molar-refractivity contribution in [3.8, 4) is 5.75 Å². The number of carbonyl (C=O) groups excluding carboxylic acids is 2. The Kier molecular flexibility index (Phi) is 5.86. The molecule has 1 saturated heterocycles. The van der Waals surface area contributed by atoms with Crippen molar-refractivity contribution in [2.75, 3.05) is 39.8 Å². The van der Waals surface area contributed by atoms with E-state index in [1.807, 2.05) is 4.90 Å². The summed E-state index contributed by atoms with van der Waals surface area (Å²) in [6, 6.07) is 5.64. The number of nitrogens with one attached hydrogen (secondary N) is 1. The molecule has 2 amide bonds. The summed E-state index contributed by atoms with van der Waals surface area (Å²) in [5, 5.41) is 2.56. The molecule has 126 valence electrons. The number of likely N-dealkylation sites (N-methyl/N-ethyl adjacent to an activating group) is 1. The number of piperazine rings is 1. The van der Waals surface area contributed by atoms with E-state index in [2.05, 4.69) is 10.1 Å². The first-order valence-electron chi connectivity index (χ1n) is 7.26. The maximum atomic E-state index is 12.4. The fraction of sp³-hybridized carbons (Fsp3) is 0.467. The molecule has 2 rings (SSSR count). The molecule has 1 aromatic carbocycles. The van der Waals surface area contributed by atoms with Crippen molar-refractivity contribution in [1.29, 1.82) is 0 Å². The summed E-state index contributed by atoms with van der Waals surface area (Å²) in [6.07, 6.45) is 0. The van der Waals surface area contributed by atoms with Crippen LogP contribution in [0.3, 0.4) is 0 Å². The molecule has 23 heavy (non-hydrogen) atoms. The number of benzene rings is 1. The van der Waals surface area contributed by atoms with E-state index >= 15 is 0 Å². The topological polar surface area (TPSA) is 61.9 Å². The number of hydrogen-bond donors (Lipinski definition) is 1. The number of hydrogen-bond acceptors (Lipinski definition) is 4. The van der Waals surface area contributed by atoms with Gasteiger partial charge in [-0.3, -0.25) is 14.5 Å². The minimum atomic E-state index is -2.88. The molecule has 0 atom stereocenters. The largest absolute Gasteiger partial charge is 0.435 e. The van der Waals surface area contributed by atoms with Crippen LogP contribution in [-0.2, 0) is 4.79 Å². The van der Waals surface area contributed by atoms with Crippen molar-refractivity contribution in [2.45, 2.75) is 6.61 Å². The second-order valence-electron chi connectivity index (χ2n) is 5.14. The monoisotopic (exact) mass is 327 g/mol. The van der Waals surface area contributed by atoms with Crippen molar-refractivity contribution in [1.82, 2.24) is 15.1 Å². The number of rotatable bonds is 5. The maximum Gasteiger partial charge on any atom is 0.387 e. The molecule has 1 aliphatic rings. The lowest BCUT2D eigenvalue weighted by Gasteiger charge is -2.34. The van der Waals surface area contributed by atoms with E-state index in [-0.39, 0.29) is 17.6 Å². The van der Waals surface area contributed by atoms with Crippen LogP contribution in [0.1, 0.15) is 10.4 Å². The van der Waals surface area contributed by atoms with Gasteiger partial charge in [0, 0.05) is 38.8 Å². The van der Waals surface area contributed by atoms with E-state index in [9.17, 15) is 18.4 Å². The molecule has 0 spiro atoms. The standard InChI is InChI=1S/C15H19F2N3O3/c1-18-13(21)10-19-6-8-20(9-7-19)14(22)11-2-4-12(5-3-11)23-15(16)17/h2-5,15H,6-10H2,1H3,(H,18,21). The highest BCUT2D eigenvalue weighted by molar-refractivity contribution is 5.94. The van der Waals surface area contributed by atoms with E-state index < -0.39 is 6.61 Å². The zero-order valence-corrected chi connectivity index (χ0v) is 12.8. The number of amides is 2. The van der Waals surface area contributed by atoms with Crippen LogP contribution in [0.25, 0.3) is 0 Å². The van der Waals surface area contributed by atoms with Gasteiger partial charge < -0.3 is 15.0 Å². The molecule has 1 aliphatic heterocycles. The summed E-state index contributed by atoms with van der Waals surface area (Å²) < 4.78 is 28.4. The molecule has 1 aromatic rings. The van der Waals surface area contributed by atoms with Crippen LogP contribution < -0.4 is 10.1 Å². The first kappa shape index (κ1) is 17.1. The van der Waals surface area contributed by atoms with Crippen LogP contribution in [0.2, 0.25) is 0 Å². The number of ether oxygens (including phenoxy) is 1. The number of carbonyl (C=O) groups is 2. The number of nitrogens with zero attached hydrogens (tertiary/aromatic N) is 2. The van der Waals surface area contributed by atoms with Crippen LogP contribution >= 0.6 is 0 Å². The fourth-order valence-corrected chi connectivity index (χ4v) is 2.35. The van der Waals surface area contributed by atoms with Gasteiger partial charge in [0.15, 0.2) is 0 Å². The van der Waals surface area contributed by atoms with E-state index in [1.165, 1.54) is 24.3 Å². The van der Waals surface area contributed by atoms with E-state index in [1.54, 1.807) is 11.9 Å². The number of halogens is 2. The van der Waals surface area contributed by atoms with Gasteiger partial charge in [-0.1, -0.05) is 0 Å². The van der Waals surface area contributed by atoms with Gasteiger partial charge in [-0.25, -0.2) is 0 Å². The summed E-state index contributed by atoms with van der Waals surface area (Å²) in [5.41, 5.74) is 0.423. The van der Waals surface area contributed by atoms with Gasteiger partial charge in [-0.05, 0) is 24.3 Å². The van der Waals surface area contributed by atoms with Gasteiger partial charge in [0.25, 0.3) is 5.91 Å². The molecule has 0 bridgehead atoms. The molecular weight excluding hydrogens is 308 g/mol. The van der Waals surface area contributed by atoms with Crippen molar-refractivity contribution in [3.05, 3.63) is 29.8 Å². The molecule has 0 saturated carbocycles. The Bertz CT molecular complexity index is 543. The van der Waals surface area contributed by atoms with Crippen molar-refractivity contribution >= 4 is 11.8 Å². The summed E-state index contributed by atoms with van der Waals surface area (Å²) in [4.78, 5) is 27.3. The second kappa shape index (κ2) is 7.87. The van der Waals surface area contributed by atoms with Crippen LogP contribution in [0.5, 0.6) is 5.75 Å². The van der Waals surface area contributed by atoms with Crippen molar-refractivity contribution in [2.24, 2.45) is 0 Å². The number of alkyl halides is 2. The van der Waals surface area contributed by atoms with Gasteiger partial charge >= 0.3 is 6.61 Å². The van der Waals surface area contributed by atoms with E-state index in [4.69, 9.17) is 0 Å². The molecule has 0 unspecified atom stereocenters. The first-order chi connectivity index (χ1) is 11.0. The molecule has 6 nitrogen and oxygen atoms in total. The van der Waals surface area contributed by atoms with Crippen LogP contribution in [-0.4, -0.2) is 68.0 Å². The Hall–Kier alpha value is -2.22. The van der Waals surface area contributed by atoms with Gasteiger partial charge in [0.1, 0.15) is 5.75 Å². The van der Waals surface area contributed by atoms with Crippen LogP contribution in [0.4, 0.5) is 8.78 Å². The predicted octanol–water partition coefficient (Wildman–Crippen LogP) is 0.792. The van der Waals surface area contributed by atoms with Crippen LogP contribution in [0.15, 0.2) is 24.3 Å². The third-order valence-electron chi connectivity index (χ3n) is 3.63. The van der Waals surface area contributed by atoms with Crippen molar-refractivity contribution in [3.63, 3.8) is 0 Å². The average Bonchev–Trinajstić information content (AvgIpc) is 2.55. The Morgan fingerprint density at radius 1 is 1.17 bits per heavy atom. The lowest BCUT2D eigenvalue weighted by molar-refractivity contribution is -0.122. The summed E-state index contributed by atoms with van der Waals surface area (Å²) in [5.74, 6) is -0.195. The minimum Gasteiger partial charge on any atom is -0.435 e. The third kappa shape index (κ3) is 4.88. The molecular formula is C15H19F2N3O3. The van der Waals surface area contributed by atoms with Crippen LogP contribution in [0, 0.1) is 0 Å². The highest BCUT2D eigenvalue weighted by Gasteiger charge is 2.23. The Balaban J connectivity index is 1.88. The first-order valence-corrected chi connectivity index (χ1v) is 7.26. The lowest BCUT2D eigenvalue weighted by atomic mass is 10.1. The highest BCUT2D eigenvalue weighted by Crippen LogP contribution is 2.16. The Morgan fingerprint density at radius 2 is 1.78 bits per heavy atom. The fourth-order valence-electron chi connectivity index (χ4n) is 2.35. The van der Waals surface area contributed by atoms with Gasteiger partial charge in [-0.15, -0.1) is 0 Å². The zero-order chi connectivity index (χ0) is 16.8. The maximum absolute atomic E-state index is 12.4. The normalized spacial score (nSPS) is 15.6. The molecule has 0 radical (unpaired) electrons. The molecule has 0 aromatic heterocycles. The zero-order valence-electron chi connectivity index (χ0n) is 12.8. The Morgan fingerprint density at radius 3 is 2.30 bits per heavy atom. The van der Waals surface area contributed by atoms with E-state index in [0.29, 0.717) is 38.3 Å². The highest BCUT2D eigenvalue weighted by atomic mass is 19.3. The molecule has 1 fully saturated rings. The molecule has 1 N–H and O–H groups in total. The average molecular weight is 327 g/mol. The molecule has 8 heteroatoms. The van der Waals surface area contributed by atoms with Crippen molar-refractivity contribution < 1.29 is 23.1 Å². The van der Waals surface area contributed by atoms with Gasteiger partial charge in [-0.2, -0.15) is 8.78 Å². The second-order valence-corrected chi connectivity index (χ2v) is 5.14. The Labute approximate surface area is 133 Å².